The average Bonchev–Trinajstić information content (AvgIpc) is 3.00. The first-order valence-electron chi connectivity index (χ1n) is 11.8. The second kappa shape index (κ2) is 7.70. The van der Waals surface area contributed by atoms with Gasteiger partial charge in [-0.25, -0.2) is 0 Å². The Kier molecular flexibility index (Phi) is 5.59. The number of carbonyl (C=O) groups is 2. The van der Waals surface area contributed by atoms with Crippen LogP contribution in [0.3, 0.4) is 0 Å². The van der Waals surface area contributed by atoms with Crippen LogP contribution in [0.5, 0.6) is 0 Å². The largest absolute Gasteiger partial charge is 0.330 e. The summed E-state index contributed by atoms with van der Waals surface area (Å²) < 4.78 is 0. The molecule has 28 heavy (non-hydrogen) atoms. The molecule has 2 unspecified atom stereocenters. The Morgan fingerprint density at radius 2 is 1.89 bits per heavy atom. The van der Waals surface area contributed by atoms with Crippen LogP contribution in [-0.2, 0) is 9.59 Å². The third kappa shape index (κ3) is 3.13. The zero-order valence-corrected chi connectivity index (χ0v) is 17.9. The van der Waals surface area contributed by atoms with Gasteiger partial charge in [-0.05, 0) is 99.3 Å². The summed E-state index contributed by atoms with van der Waals surface area (Å²) in [4.78, 5) is 24.8. The molecule has 0 spiro atoms. The predicted molar refractivity (Wildman–Crippen MR) is 113 cm³/mol. The van der Waals surface area contributed by atoms with Gasteiger partial charge in [-0.2, -0.15) is 0 Å². The maximum absolute atomic E-state index is 12.6. The second-order valence-electron chi connectivity index (χ2n) is 10.8. The highest BCUT2D eigenvalue weighted by Gasteiger charge is 2.61. The molecule has 4 rings (SSSR count). The molecule has 0 amide bonds. The maximum atomic E-state index is 12.6. The first-order chi connectivity index (χ1) is 13.4. The molecule has 4 fully saturated rings. The van der Waals surface area contributed by atoms with Crippen LogP contribution in [0.15, 0.2) is 12.2 Å². The van der Waals surface area contributed by atoms with Crippen molar-refractivity contribution in [1.29, 1.82) is 0 Å². The number of carbonyl (C=O) groups excluding carboxylic acids is 2. The van der Waals surface area contributed by atoms with Gasteiger partial charge in [-0.3, -0.25) is 4.79 Å². The van der Waals surface area contributed by atoms with Gasteiger partial charge in [0.15, 0.2) is 0 Å². The average molecular weight is 386 g/mol. The van der Waals surface area contributed by atoms with E-state index in [2.05, 4.69) is 26.0 Å². The molecule has 156 valence electrons. The van der Waals surface area contributed by atoms with Gasteiger partial charge >= 0.3 is 0 Å². The number of nitrogens with two attached hydrogens (primary N) is 1. The molecule has 4 saturated carbocycles. The zero-order valence-electron chi connectivity index (χ0n) is 17.9. The van der Waals surface area contributed by atoms with Crippen molar-refractivity contribution in [2.75, 3.05) is 6.54 Å². The van der Waals surface area contributed by atoms with Gasteiger partial charge < -0.3 is 10.5 Å². The number of allylic oxidation sites excluding steroid dienone is 2. The molecule has 0 aromatic heterocycles. The van der Waals surface area contributed by atoms with Crippen LogP contribution in [-0.4, -0.2) is 18.6 Å². The summed E-state index contributed by atoms with van der Waals surface area (Å²) in [5.41, 5.74) is 5.80. The fourth-order valence-corrected chi connectivity index (χ4v) is 8.05. The lowest BCUT2D eigenvalue weighted by atomic mass is 9.42. The lowest BCUT2D eigenvalue weighted by molar-refractivity contribution is -0.152. The molecule has 3 nitrogen and oxygen atoms in total. The molecular formula is C25H39NO2. The standard InChI is InChI=1S/C25H39NO2/c1-24-11-9-17(6-4-3-5-13-26)14-22(24)18(16-27)15-19-20-7-8-23(28)25(20,2)12-10-21(19)24/h4,6,16-22H,3,5,7-15,26H2,1-2H3/t17-,18?,19+,20+,21+,22?,24-,25+/m1/s1. The Bertz CT molecular complexity index is 642. The van der Waals surface area contributed by atoms with Crippen molar-refractivity contribution in [3.8, 4) is 0 Å². The number of fused-ring (bicyclic) bond motifs is 5. The highest BCUT2D eigenvalue weighted by atomic mass is 16.1. The Morgan fingerprint density at radius 1 is 1.07 bits per heavy atom. The Labute approximate surface area is 170 Å². The number of ketones is 1. The molecule has 8 atom stereocenters. The first kappa shape index (κ1) is 20.3. The van der Waals surface area contributed by atoms with Gasteiger partial charge in [0.05, 0.1) is 0 Å². The number of unbranched alkanes of at least 4 members (excludes halogenated alkanes) is 1. The van der Waals surface area contributed by atoms with Gasteiger partial charge in [0.2, 0.25) is 0 Å². The lowest BCUT2D eigenvalue weighted by Gasteiger charge is -2.61. The quantitative estimate of drug-likeness (QED) is 0.414. The minimum atomic E-state index is -0.0965. The van der Waals surface area contributed by atoms with Crippen molar-refractivity contribution >= 4 is 12.1 Å². The first-order valence-corrected chi connectivity index (χ1v) is 11.8. The Morgan fingerprint density at radius 3 is 2.64 bits per heavy atom. The van der Waals surface area contributed by atoms with Crippen molar-refractivity contribution in [3.05, 3.63) is 12.2 Å². The lowest BCUT2D eigenvalue weighted by Crippen LogP contribution is -2.56. The molecule has 3 heteroatoms. The van der Waals surface area contributed by atoms with Gasteiger partial charge in [0.25, 0.3) is 0 Å². The minimum absolute atomic E-state index is 0.0965. The third-order valence-corrected chi connectivity index (χ3v) is 9.67. The smallest absolute Gasteiger partial charge is 0.139 e. The van der Waals surface area contributed by atoms with Gasteiger partial charge in [-0.15, -0.1) is 0 Å². The number of hydrogen-bond acceptors (Lipinski definition) is 3. The van der Waals surface area contributed by atoms with Crippen LogP contribution in [0.1, 0.15) is 78.1 Å². The number of hydrogen-bond donors (Lipinski definition) is 1. The van der Waals surface area contributed by atoms with Crippen molar-refractivity contribution < 1.29 is 9.59 Å². The molecule has 0 saturated heterocycles. The summed E-state index contributed by atoms with van der Waals surface area (Å²) in [6, 6.07) is 0. The summed E-state index contributed by atoms with van der Waals surface area (Å²) in [6.45, 7) is 5.49. The van der Waals surface area contributed by atoms with Crippen molar-refractivity contribution in [3.63, 3.8) is 0 Å². The van der Waals surface area contributed by atoms with Crippen LogP contribution in [0.4, 0.5) is 0 Å². The van der Waals surface area contributed by atoms with E-state index in [-0.39, 0.29) is 16.7 Å². The molecular weight excluding hydrogens is 346 g/mol. The fraction of sp³-hybridized carbons (Fsp3) is 0.840. The topological polar surface area (TPSA) is 60.2 Å². The fourth-order valence-electron chi connectivity index (χ4n) is 8.05. The third-order valence-electron chi connectivity index (χ3n) is 9.67. The summed E-state index contributed by atoms with van der Waals surface area (Å²) in [5, 5.41) is 0. The normalized spacial score (nSPS) is 48.2. The zero-order chi connectivity index (χ0) is 19.9. The molecule has 4 aliphatic rings. The van der Waals surface area contributed by atoms with E-state index in [0.29, 0.717) is 35.4 Å². The van der Waals surface area contributed by atoms with Crippen LogP contribution < -0.4 is 5.73 Å². The van der Waals surface area contributed by atoms with E-state index < -0.39 is 0 Å². The van der Waals surface area contributed by atoms with E-state index in [9.17, 15) is 9.59 Å². The minimum Gasteiger partial charge on any atom is -0.330 e. The van der Waals surface area contributed by atoms with Crippen LogP contribution in [0.2, 0.25) is 0 Å². The van der Waals surface area contributed by atoms with E-state index in [4.69, 9.17) is 5.73 Å². The molecule has 0 aromatic rings. The maximum Gasteiger partial charge on any atom is 0.139 e. The van der Waals surface area contributed by atoms with Crippen molar-refractivity contribution in [2.24, 2.45) is 52.1 Å². The molecule has 0 radical (unpaired) electrons. The van der Waals surface area contributed by atoms with E-state index >= 15 is 0 Å². The van der Waals surface area contributed by atoms with Gasteiger partial charge in [0.1, 0.15) is 12.1 Å². The molecule has 0 aliphatic heterocycles. The molecule has 0 bridgehead atoms. The predicted octanol–water partition coefficient (Wildman–Crippen LogP) is 4.93. The Hall–Kier alpha value is -0.960. The van der Waals surface area contributed by atoms with E-state index in [0.717, 1.165) is 45.1 Å². The SMILES string of the molecule is C[C@]12CC[C@@H](C=CCCCN)CC1C(C=O)C[C@@H]1[C@@H]2CC[C@]2(C)C(=O)CC[C@@H]12. The molecule has 0 heterocycles. The number of rotatable bonds is 5. The van der Waals surface area contributed by atoms with Gasteiger partial charge in [0, 0.05) is 17.8 Å². The van der Waals surface area contributed by atoms with E-state index in [1.54, 1.807) is 0 Å². The highest BCUT2D eigenvalue weighted by Crippen LogP contribution is 2.66. The van der Waals surface area contributed by atoms with Crippen LogP contribution in [0, 0.1) is 46.3 Å². The van der Waals surface area contributed by atoms with Crippen LogP contribution >= 0.6 is 0 Å². The molecule has 4 aliphatic carbocycles. The monoisotopic (exact) mass is 385 g/mol. The number of aldehydes is 1. The van der Waals surface area contributed by atoms with Crippen molar-refractivity contribution in [1.82, 2.24) is 0 Å². The Balaban J connectivity index is 1.55. The van der Waals surface area contributed by atoms with Crippen LogP contribution in [0.25, 0.3) is 0 Å². The summed E-state index contributed by atoms with van der Waals surface area (Å²) in [7, 11) is 0. The van der Waals surface area contributed by atoms with Gasteiger partial charge in [-0.1, -0.05) is 26.0 Å². The van der Waals surface area contributed by atoms with Crippen molar-refractivity contribution in [2.45, 2.75) is 78.1 Å². The number of Topliss-reactive ketones (excluding diaryl/α,β-unsaturated/α-hetero) is 1. The summed E-state index contributed by atoms with van der Waals surface area (Å²) in [6.07, 6.45) is 16.9. The van der Waals surface area contributed by atoms with E-state index in [1.165, 1.54) is 32.0 Å². The second-order valence-corrected chi connectivity index (χ2v) is 10.8. The summed E-state index contributed by atoms with van der Waals surface area (Å²) >= 11 is 0. The molecule has 0 aromatic carbocycles. The summed E-state index contributed by atoms with van der Waals surface area (Å²) in [5.74, 6) is 3.63. The van der Waals surface area contributed by atoms with E-state index in [1.807, 2.05) is 0 Å². The highest BCUT2D eigenvalue weighted by molar-refractivity contribution is 5.87. The molecule has 2 N–H and O–H groups in total.